The monoisotopic (exact) mass is 222 g/mol. The van der Waals surface area contributed by atoms with Crippen LogP contribution in [0.2, 0.25) is 0 Å². The Kier molecular flexibility index (Phi) is 4.69. The molecule has 0 aliphatic carbocycles. The fourth-order valence-electron chi connectivity index (χ4n) is 1.36. The third-order valence-corrected chi connectivity index (χ3v) is 3.33. The highest BCUT2D eigenvalue weighted by Gasteiger charge is 2.02. The largest absolute Gasteiger partial charge is 0.384 e. The second-order valence-electron chi connectivity index (χ2n) is 3.59. The van der Waals surface area contributed by atoms with Crippen LogP contribution in [-0.2, 0) is 0 Å². The van der Waals surface area contributed by atoms with E-state index in [1.54, 1.807) is 0 Å². The number of benzene rings is 1. The molecule has 0 fully saturated rings. The van der Waals surface area contributed by atoms with E-state index in [1.807, 2.05) is 30.8 Å². The molecule has 82 valence electrons. The quantitative estimate of drug-likeness (QED) is 0.348. The minimum atomic E-state index is 0.151. The molecule has 0 amide bonds. The number of hydrogen-bond acceptors (Lipinski definition) is 2. The van der Waals surface area contributed by atoms with Gasteiger partial charge in [-0.3, -0.25) is 5.41 Å². The van der Waals surface area contributed by atoms with E-state index in [-0.39, 0.29) is 5.84 Å². The van der Waals surface area contributed by atoms with Gasteiger partial charge in [0.2, 0.25) is 0 Å². The Morgan fingerprint density at radius 2 is 2.20 bits per heavy atom. The van der Waals surface area contributed by atoms with Gasteiger partial charge in [0.15, 0.2) is 0 Å². The molecule has 1 rings (SSSR count). The van der Waals surface area contributed by atoms with Crippen LogP contribution in [0.5, 0.6) is 0 Å². The molecule has 0 aromatic heterocycles. The van der Waals surface area contributed by atoms with Crippen LogP contribution in [0.25, 0.3) is 0 Å². The average Bonchev–Trinajstić information content (AvgIpc) is 2.17. The molecule has 0 aliphatic rings. The summed E-state index contributed by atoms with van der Waals surface area (Å²) in [4.78, 5) is 1.27. The first-order valence-electron chi connectivity index (χ1n) is 5.23. The summed E-state index contributed by atoms with van der Waals surface area (Å²) in [6.45, 7) is 4.20. The van der Waals surface area contributed by atoms with Crippen molar-refractivity contribution in [2.24, 2.45) is 5.73 Å². The molecule has 0 heterocycles. The lowest BCUT2D eigenvalue weighted by atomic mass is 10.1. The molecule has 0 unspecified atom stereocenters. The van der Waals surface area contributed by atoms with Crippen molar-refractivity contribution < 1.29 is 0 Å². The fourth-order valence-corrected chi connectivity index (χ4v) is 2.46. The lowest BCUT2D eigenvalue weighted by Gasteiger charge is -2.06. The lowest BCUT2D eigenvalue weighted by molar-refractivity contribution is 0.896. The molecule has 0 saturated heterocycles. The van der Waals surface area contributed by atoms with Gasteiger partial charge in [0, 0.05) is 10.5 Å². The van der Waals surface area contributed by atoms with Crippen LogP contribution in [0.4, 0.5) is 0 Å². The predicted molar refractivity (Wildman–Crippen MR) is 67.8 cm³/mol. The molecular weight excluding hydrogens is 204 g/mol. The molecule has 1 aromatic carbocycles. The van der Waals surface area contributed by atoms with E-state index < -0.39 is 0 Å². The highest BCUT2D eigenvalue weighted by atomic mass is 32.2. The summed E-state index contributed by atoms with van der Waals surface area (Å²) in [6, 6.07) is 6.09. The van der Waals surface area contributed by atoms with E-state index in [1.165, 1.54) is 17.7 Å². The maximum absolute atomic E-state index is 7.39. The van der Waals surface area contributed by atoms with Crippen LogP contribution in [0.3, 0.4) is 0 Å². The number of nitrogens with one attached hydrogen (secondary N) is 1. The van der Waals surface area contributed by atoms with Crippen LogP contribution in [0.15, 0.2) is 23.1 Å². The highest BCUT2D eigenvalue weighted by Crippen LogP contribution is 2.22. The van der Waals surface area contributed by atoms with Gasteiger partial charge in [-0.05, 0) is 42.9 Å². The molecule has 0 atom stereocenters. The average molecular weight is 222 g/mol. The summed E-state index contributed by atoms with van der Waals surface area (Å²) >= 11 is 1.87. The Balaban J connectivity index is 2.69. The van der Waals surface area contributed by atoms with Gasteiger partial charge in [0.05, 0.1) is 0 Å². The normalized spacial score (nSPS) is 10.3. The molecule has 2 nitrogen and oxygen atoms in total. The van der Waals surface area contributed by atoms with E-state index in [9.17, 15) is 0 Å². The maximum Gasteiger partial charge on any atom is 0.123 e. The molecule has 15 heavy (non-hydrogen) atoms. The van der Waals surface area contributed by atoms with Crippen LogP contribution in [-0.4, -0.2) is 11.6 Å². The molecule has 0 spiro atoms. The van der Waals surface area contributed by atoms with Gasteiger partial charge in [-0.25, -0.2) is 0 Å². The van der Waals surface area contributed by atoms with Gasteiger partial charge in [-0.15, -0.1) is 11.8 Å². The molecule has 0 bridgehead atoms. The number of nitrogens with two attached hydrogens (primary N) is 1. The van der Waals surface area contributed by atoms with Gasteiger partial charge < -0.3 is 5.73 Å². The van der Waals surface area contributed by atoms with Crippen molar-refractivity contribution in [2.45, 2.75) is 31.6 Å². The van der Waals surface area contributed by atoms with E-state index in [2.05, 4.69) is 13.0 Å². The van der Waals surface area contributed by atoms with E-state index in [0.717, 1.165) is 16.9 Å². The Morgan fingerprint density at radius 1 is 1.47 bits per heavy atom. The first-order chi connectivity index (χ1) is 7.15. The minimum Gasteiger partial charge on any atom is -0.384 e. The Bertz CT molecular complexity index is 347. The van der Waals surface area contributed by atoms with Gasteiger partial charge in [-0.2, -0.15) is 0 Å². The number of aryl methyl sites for hydroxylation is 1. The van der Waals surface area contributed by atoms with Crippen LogP contribution < -0.4 is 5.73 Å². The van der Waals surface area contributed by atoms with Crippen molar-refractivity contribution in [3.05, 3.63) is 29.3 Å². The van der Waals surface area contributed by atoms with E-state index in [0.29, 0.717) is 0 Å². The zero-order valence-corrected chi connectivity index (χ0v) is 10.2. The molecule has 3 N–H and O–H groups in total. The summed E-state index contributed by atoms with van der Waals surface area (Å²) in [6.07, 6.45) is 2.48. The second kappa shape index (κ2) is 5.81. The molecule has 0 aliphatic heterocycles. The number of rotatable bonds is 5. The smallest absolute Gasteiger partial charge is 0.123 e. The summed E-state index contributed by atoms with van der Waals surface area (Å²) in [5.74, 6) is 1.31. The first-order valence-corrected chi connectivity index (χ1v) is 6.21. The number of hydrogen-bond donors (Lipinski definition) is 2. The number of nitrogen functional groups attached to an aromatic ring is 1. The van der Waals surface area contributed by atoms with Crippen molar-refractivity contribution in [3.63, 3.8) is 0 Å². The summed E-state index contributed by atoms with van der Waals surface area (Å²) < 4.78 is 0. The van der Waals surface area contributed by atoms with Gasteiger partial charge >= 0.3 is 0 Å². The van der Waals surface area contributed by atoms with Gasteiger partial charge in [0.25, 0.3) is 0 Å². The van der Waals surface area contributed by atoms with Crippen LogP contribution >= 0.6 is 11.8 Å². The van der Waals surface area contributed by atoms with E-state index >= 15 is 0 Å². The molecule has 0 saturated carbocycles. The standard InChI is InChI=1S/C12H18N2S/c1-3-4-7-15-10-5-6-11(12(13)14)9(2)8-10/h5-6,8H,3-4,7H2,1-2H3,(H3,13,14). The maximum atomic E-state index is 7.39. The zero-order valence-electron chi connectivity index (χ0n) is 9.34. The SMILES string of the molecule is CCCCSc1ccc(C(=N)N)c(C)c1. The molecule has 0 radical (unpaired) electrons. The summed E-state index contributed by atoms with van der Waals surface area (Å²) in [5, 5.41) is 7.39. The Labute approximate surface area is 95.8 Å². The number of amidine groups is 1. The molecular formula is C12H18N2S. The third-order valence-electron chi connectivity index (χ3n) is 2.25. The Morgan fingerprint density at radius 3 is 2.73 bits per heavy atom. The highest BCUT2D eigenvalue weighted by molar-refractivity contribution is 7.99. The lowest BCUT2D eigenvalue weighted by Crippen LogP contribution is -2.12. The van der Waals surface area contributed by atoms with Crippen LogP contribution in [0.1, 0.15) is 30.9 Å². The van der Waals surface area contributed by atoms with Crippen molar-refractivity contribution in [1.82, 2.24) is 0 Å². The predicted octanol–water partition coefficient (Wildman–Crippen LogP) is 3.17. The van der Waals surface area contributed by atoms with E-state index in [4.69, 9.17) is 11.1 Å². The Hall–Kier alpha value is -0.960. The fraction of sp³-hybridized carbons (Fsp3) is 0.417. The van der Waals surface area contributed by atoms with Gasteiger partial charge in [0.1, 0.15) is 5.84 Å². The summed E-state index contributed by atoms with van der Waals surface area (Å²) in [5.41, 5.74) is 7.39. The first kappa shape index (κ1) is 12.1. The van der Waals surface area contributed by atoms with Crippen molar-refractivity contribution in [3.8, 4) is 0 Å². The second-order valence-corrected chi connectivity index (χ2v) is 4.76. The third kappa shape index (κ3) is 3.59. The summed E-state index contributed by atoms with van der Waals surface area (Å²) in [7, 11) is 0. The van der Waals surface area contributed by atoms with Crippen molar-refractivity contribution >= 4 is 17.6 Å². The molecule has 1 aromatic rings. The minimum absolute atomic E-state index is 0.151. The van der Waals surface area contributed by atoms with Crippen molar-refractivity contribution in [2.75, 3.05) is 5.75 Å². The van der Waals surface area contributed by atoms with Crippen molar-refractivity contribution in [1.29, 1.82) is 5.41 Å². The van der Waals surface area contributed by atoms with Crippen LogP contribution in [0, 0.1) is 12.3 Å². The molecule has 3 heteroatoms. The zero-order chi connectivity index (χ0) is 11.3. The topological polar surface area (TPSA) is 49.9 Å². The number of unbranched alkanes of at least 4 members (excludes halogenated alkanes) is 1. The van der Waals surface area contributed by atoms with Gasteiger partial charge in [-0.1, -0.05) is 13.3 Å². The number of thioether (sulfide) groups is 1.